The Bertz CT molecular complexity index is 2490. The van der Waals surface area contributed by atoms with Crippen LogP contribution in [0.25, 0.3) is 21.5 Å². The minimum absolute atomic E-state index is 0.152. The van der Waals surface area contributed by atoms with E-state index in [2.05, 4.69) is 119 Å². The van der Waals surface area contributed by atoms with Crippen LogP contribution in [0.15, 0.2) is 192 Å². The molecule has 0 aliphatic carbocycles. The molecule has 6 aromatic carbocycles. The molecule has 0 aliphatic heterocycles. The lowest BCUT2D eigenvalue weighted by atomic mass is 10.1. The molecule has 63 heavy (non-hydrogen) atoms. The van der Waals surface area contributed by atoms with Crippen molar-refractivity contribution in [3.8, 4) is 11.5 Å². The van der Waals surface area contributed by atoms with Crippen LogP contribution in [0.5, 0.6) is 11.5 Å². The predicted molar refractivity (Wildman–Crippen MR) is 254 cm³/mol. The maximum atomic E-state index is 6.18. The Kier molecular flexibility index (Phi) is 15.4. The number of rotatable bonds is 22. The summed E-state index contributed by atoms with van der Waals surface area (Å²) in [5.41, 5.74) is 5.99. The molecule has 0 fully saturated rings. The minimum Gasteiger partial charge on any atom is -0.492 e. The van der Waals surface area contributed by atoms with Crippen molar-refractivity contribution in [3.05, 3.63) is 216 Å². The highest BCUT2D eigenvalue weighted by Gasteiger charge is 2.12. The number of unbranched alkanes of at least 4 members (excludes halogenated alkanes) is 2. The molecule has 0 N–H and O–H groups in total. The van der Waals surface area contributed by atoms with Crippen molar-refractivity contribution in [2.75, 3.05) is 26.4 Å². The van der Waals surface area contributed by atoms with Crippen molar-refractivity contribution < 1.29 is 18.9 Å². The van der Waals surface area contributed by atoms with Gasteiger partial charge in [-0.2, -0.15) is 0 Å². The van der Waals surface area contributed by atoms with Crippen LogP contribution in [-0.4, -0.2) is 48.8 Å². The van der Waals surface area contributed by atoms with Gasteiger partial charge in [-0.25, -0.2) is 0 Å². The van der Waals surface area contributed by atoms with E-state index >= 15 is 0 Å². The second-order valence-electron chi connectivity index (χ2n) is 15.4. The Labute approximate surface area is 370 Å². The number of aliphatic imine (C=N–C) groups is 2. The zero-order valence-electron chi connectivity index (χ0n) is 35.4. The summed E-state index contributed by atoms with van der Waals surface area (Å²) in [7, 11) is 0. The average molecular weight is 833 g/mol. The highest BCUT2D eigenvalue weighted by Crippen LogP contribution is 2.23. The number of pyridine rings is 2. The van der Waals surface area contributed by atoms with Crippen molar-refractivity contribution in [1.29, 1.82) is 0 Å². The molecule has 0 saturated heterocycles. The van der Waals surface area contributed by atoms with Gasteiger partial charge in [0.2, 0.25) is 0 Å². The van der Waals surface area contributed by atoms with E-state index in [1.54, 1.807) is 12.4 Å². The van der Waals surface area contributed by atoms with E-state index < -0.39 is 0 Å². The normalized spacial score (nSPS) is 12.6. The van der Waals surface area contributed by atoms with Crippen LogP contribution < -0.4 is 9.47 Å². The van der Waals surface area contributed by atoms with E-state index in [-0.39, 0.29) is 12.1 Å². The SMILES string of the molecule is C(=NC(COCc1ccc2ccccc2c1)c1ccccc1)c1ccc(OCCCCCOc2ccc(C=NC(COCc3ccc4ccccc4c3)c3ccccc3)nc2)cn1. The minimum atomic E-state index is -0.152. The van der Waals surface area contributed by atoms with E-state index in [1.807, 2.05) is 73.1 Å². The maximum absolute atomic E-state index is 6.18. The molecule has 0 bridgehead atoms. The first-order valence-corrected chi connectivity index (χ1v) is 21.7. The number of aromatic nitrogens is 2. The topological polar surface area (TPSA) is 87.4 Å². The second kappa shape index (κ2) is 22.7. The Morgan fingerprint density at radius 2 is 0.857 bits per heavy atom. The van der Waals surface area contributed by atoms with Gasteiger partial charge in [0.1, 0.15) is 11.5 Å². The fraction of sp³-hybridized carbons (Fsp3) is 0.200. The van der Waals surface area contributed by atoms with E-state index in [4.69, 9.17) is 28.9 Å². The lowest BCUT2D eigenvalue weighted by molar-refractivity contribution is 0.108. The third-order valence-electron chi connectivity index (χ3n) is 10.7. The summed E-state index contributed by atoms with van der Waals surface area (Å²) in [5.74, 6) is 1.47. The zero-order chi connectivity index (χ0) is 42.7. The first kappa shape index (κ1) is 42.7. The third-order valence-corrected chi connectivity index (χ3v) is 10.7. The van der Waals surface area contributed by atoms with Crippen LogP contribution in [0, 0.1) is 0 Å². The standard InChI is InChI=1S/C55H52N4O4/c1-4-16-46(17-5-1)54(40-60-38-42-22-24-44-14-8-10-20-48(44)32-42)58-34-50-26-28-52(36-56-50)62-30-12-3-13-31-63-53-29-27-51(57-37-53)35-59-55(47-18-6-2-7-19-47)41-61-39-43-23-25-45-15-9-11-21-49(45)33-43/h1-2,4-11,14-29,32-37,54-55H,3,12-13,30-31,38-41H2. The molecule has 2 aromatic heterocycles. The van der Waals surface area contributed by atoms with Crippen molar-refractivity contribution >= 4 is 34.0 Å². The lowest BCUT2D eigenvalue weighted by Gasteiger charge is -2.14. The van der Waals surface area contributed by atoms with Gasteiger partial charge < -0.3 is 18.9 Å². The van der Waals surface area contributed by atoms with Crippen molar-refractivity contribution in [2.45, 2.75) is 44.6 Å². The van der Waals surface area contributed by atoms with Crippen molar-refractivity contribution in [2.24, 2.45) is 9.98 Å². The van der Waals surface area contributed by atoms with Gasteiger partial charge in [0, 0.05) is 12.4 Å². The van der Waals surface area contributed by atoms with Gasteiger partial charge in [0.25, 0.3) is 0 Å². The monoisotopic (exact) mass is 832 g/mol. The first-order chi connectivity index (χ1) is 31.2. The molecule has 2 unspecified atom stereocenters. The van der Waals surface area contributed by atoms with Gasteiger partial charge in [0.15, 0.2) is 0 Å². The van der Waals surface area contributed by atoms with Gasteiger partial charge in [-0.1, -0.05) is 133 Å². The molecule has 0 saturated carbocycles. The summed E-state index contributed by atoms with van der Waals surface area (Å²) in [6.45, 7) is 3.16. The summed E-state index contributed by atoms with van der Waals surface area (Å²) in [6.07, 6.45) is 9.92. The Morgan fingerprint density at radius 1 is 0.429 bits per heavy atom. The molecule has 2 heterocycles. The van der Waals surface area contributed by atoms with E-state index in [0.717, 1.165) is 64.4 Å². The fourth-order valence-corrected chi connectivity index (χ4v) is 7.24. The van der Waals surface area contributed by atoms with Gasteiger partial charge in [0.05, 0.1) is 75.5 Å². The zero-order valence-corrected chi connectivity index (χ0v) is 35.4. The number of nitrogens with zero attached hydrogens (tertiary/aromatic N) is 4. The molecule has 0 radical (unpaired) electrons. The number of fused-ring (bicyclic) bond motifs is 2. The molecular formula is C55H52N4O4. The molecular weight excluding hydrogens is 781 g/mol. The molecule has 8 heteroatoms. The lowest BCUT2D eigenvalue weighted by Crippen LogP contribution is -2.07. The Hall–Kier alpha value is -7.00. The molecule has 0 amide bonds. The number of hydrogen-bond donors (Lipinski definition) is 0. The number of ether oxygens (including phenoxy) is 4. The molecule has 8 nitrogen and oxygen atoms in total. The molecule has 0 spiro atoms. The van der Waals surface area contributed by atoms with Crippen LogP contribution in [0.1, 0.15) is 65.0 Å². The molecule has 8 aromatic rings. The van der Waals surface area contributed by atoms with Gasteiger partial charge in [-0.05, 0) is 99.5 Å². The Balaban J connectivity index is 0.732. The third kappa shape index (κ3) is 13.0. The van der Waals surface area contributed by atoms with Crippen LogP contribution in [-0.2, 0) is 22.7 Å². The smallest absolute Gasteiger partial charge is 0.137 e. The maximum Gasteiger partial charge on any atom is 0.137 e. The summed E-state index contributed by atoms with van der Waals surface area (Å²) >= 11 is 0. The quantitative estimate of drug-likeness (QED) is 0.0499. The summed E-state index contributed by atoms with van der Waals surface area (Å²) in [5, 5.41) is 4.87. The van der Waals surface area contributed by atoms with Crippen LogP contribution in [0.2, 0.25) is 0 Å². The average Bonchev–Trinajstić information content (AvgIpc) is 3.34. The van der Waals surface area contributed by atoms with Crippen molar-refractivity contribution in [1.82, 2.24) is 9.97 Å². The highest BCUT2D eigenvalue weighted by molar-refractivity contribution is 5.84. The summed E-state index contributed by atoms with van der Waals surface area (Å²) in [4.78, 5) is 18.9. The molecule has 2 atom stereocenters. The number of benzene rings is 6. The van der Waals surface area contributed by atoms with Gasteiger partial charge >= 0.3 is 0 Å². The van der Waals surface area contributed by atoms with Crippen LogP contribution >= 0.6 is 0 Å². The van der Waals surface area contributed by atoms with E-state index in [9.17, 15) is 0 Å². The van der Waals surface area contributed by atoms with Crippen molar-refractivity contribution in [3.63, 3.8) is 0 Å². The molecule has 8 rings (SSSR count). The molecule has 316 valence electrons. The highest BCUT2D eigenvalue weighted by atomic mass is 16.5. The van der Waals surface area contributed by atoms with E-state index in [1.165, 1.54) is 21.5 Å². The summed E-state index contributed by atoms with van der Waals surface area (Å²) in [6, 6.07) is 57.5. The van der Waals surface area contributed by atoms with Crippen LogP contribution in [0.3, 0.4) is 0 Å². The van der Waals surface area contributed by atoms with Gasteiger partial charge in [-0.15, -0.1) is 0 Å². The predicted octanol–water partition coefficient (Wildman–Crippen LogP) is 12.2. The van der Waals surface area contributed by atoms with Crippen LogP contribution in [0.4, 0.5) is 0 Å². The van der Waals surface area contributed by atoms with Gasteiger partial charge in [-0.3, -0.25) is 20.0 Å². The Morgan fingerprint density at radius 3 is 1.29 bits per heavy atom. The first-order valence-electron chi connectivity index (χ1n) is 21.7. The number of hydrogen-bond acceptors (Lipinski definition) is 8. The fourth-order valence-electron chi connectivity index (χ4n) is 7.24. The van der Waals surface area contributed by atoms with E-state index in [0.29, 0.717) is 39.6 Å². The summed E-state index contributed by atoms with van der Waals surface area (Å²) < 4.78 is 24.3. The molecule has 0 aliphatic rings. The largest absolute Gasteiger partial charge is 0.492 e. The second-order valence-corrected chi connectivity index (χ2v) is 15.4.